The van der Waals surface area contributed by atoms with Gasteiger partial charge in [-0.05, 0) is 41.2 Å². The Morgan fingerprint density at radius 2 is 1.72 bits per heavy atom. The Kier molecular flexibility index (Phi) is 6.66. The quantitative estimate of drug-likeness (QED) is 0.336. The summed E-state index contributed by atoms with van der Waals surface area (Å²) in [4.78, 5) is 18.8. The molecule has 0 aliphatic carbocycles. The number of rotatable bonds is 9. The van der Waals surface area contributed by atoms with Gasteiger partial charge in [-0.3, -0.25) is 0 Å². The van der Waals surface area contributed by atoms with E-state index in [-0.39, 0.29) is 23.6 Å². The van der Waals surface area contributed by atoms with E-state index in [4.69, 9.17) is 4.74 Å². The third-order valence-corrected chi connectivity index (χ3v) is 6.06. The molecular formula is C27H28N2O3. The summed E-state index contributed by atoms with van der Waals surface area (Å²) in [5, 5.41) is 11.8. The van der Waals surface area contributed by atoms with Gasteiger partial charge in [-0.15, -0.1) is 0 Å². The van der Waals surface area contributed by atoms with E-state index >= 15 is 0 Å². The molecule has 0 saturated heterocycles. The van der Waals surface area contributed by atoms with Gasteiger partial charge in [-0.25, -0.2) is 9.78 Å². The summed E-state index contributed by atoms with van der Waals surface area (Å²) in [7, 11) is 0. The molecule has 0 aliphatic rings. The van der Waals surface area contributed by atoms with Gasteiger partial charge in [0.25, 0.3) is 0 Å². The van der Waals surface area contributed by atoms with Crippen LogP contribution in [0.15, 0.2) is 79.0 Å². The van der Waals surface area contributed by atoms with Gasteiger partial charge in [0.05, 0.1) is 18.9 Å². The monoisotopic (exact) mass is 428 g/mol. The number of carboxylic acids is 1. The minimum absolute atomic E-state index is 0.0826. The number of nitrogens with zero attached hydrogens (tertiary/aromatic N) is 1. The second-order valence-corrected chi connectivity index (χ2v) is 8.30. The van der Waals surface area contributed by atoms with E-state index in [9.17, 15) is 9.90 Å². The van der Waals surface area contributed by atoms with Gasteiger partial charge in [0.2, 0.25) is 0 Å². The Balaban J connectivity index is 1.59. The number of carboxylic acid groups (broad SMARTS) is 1. The number of benzene rings is 3. The van der Waals surface area contributed by atoms with Crippen molar-refractivity contribution in [1.82, 2.24) is 9.97 Å². The van der Waals surface area contributed by atoms with Crippen LogP contribution in [0.2, 0.25) is 0 Å². The number of imidazole rings is 1. The molecule has 3 atom stereocenters. The van der Waals surface area contributed by atoms with Gasteiger partial charge in [0.1, 0.15) is 11.5 Å². The van der Waals surface area contributed by atoms with Crippen LogP contribution in [0.4, 0.5) is 0 Å². The first-order valence-electron chi connectivity index (χ1n) is 10.9. The first-order valence-corrected chi connectivity index (χ1v) is 10.9. The number of carbonyl (C=O) groups is 1. The van der Waals surface area contributed by atoms with Gasteiger partial charge in [0.15, 0.2) is 0 Å². The third kappa shape index (κ3) is 4.89. The first-order chi connectivity index (χ1) is 15.5. The van der Waals surface area contributed by atoms with Crippen molar-refractivity contribution >= 4 is 16.7 Å². The summed E-state index contributed by atoms with van der Waals surface area (Å²) in [5.74, 6) is -0.217. The lowest BCUT2D eigenvalue weighted by Gasteiger charge is -2.26. The van der Waals surface area contributed by atoms with Gasteiger partial charge in [0, 0.05) is 5.92 Å². The van der Waals surface area contributed by atoms with Gasteiger partial charge in [-0.2, -0.15) is 0 Å². The van der Waals surface area contributed by atoms with Crippen LogP contribution in [-0.2, 0) is 11.3 Å². The average molecular weight is 429 g/mol. The zero-order chi connectivity index (χ0) is 22.5. The van der Waals surface area contributed by atoms with Crippen LogP contribution < -0.4 is 0 Å². The lowest BCUT2D eigenvalue weighted by molar-refractivity contribution is 0.0294. The maximum Gasteiger partial charge on any atom is 0.353 e. The zero-order valence-electron chi connectivity index (χ0n) is 18.4. The number of aromatic amines is 1. The molecule has 5 nitrogen and oxygen atoms in total. The van der Waals surface area contributed by atoms with Crippen molar-refractivity contribution in [2.24, 2.45) is 0 Å². The average Bonchev–Trinajstić information content (AvgIpc) is 3.31. The molecule has 4 rings (SSSR count). The van der Waals surface area contributed by atoms with Crippen LogP contribution >= 0.6 is 0 Å². The summed E-state index contributed by atoms with van der Waals surface area (Å²) in [6, 6.07) is 24.8. The van der Waals surface area contributed by atoms with E-state index in [0.29, 0.717) is 12.4 Å². The molecule has 164 valence electrons. The van der Waals surface area contributed by atoms with Crippen LogP contribution in [-0.4, -0.2) is 27.1 Å². The second-order valence-electron chi connectivity index (χ2n) is 8.30. The molecule has 5 heteroatoms. The van der Waals surface area contributed by atoms with Gasteiger partial charge < -0.3 is 14.8 Å². The van der Waals surface area contributed by atoms with Crippen LogP contribution in [0.1, 0.15) is 59.5 Å². The molecule has 1 heterocycles. The van der Waals surface area contributed by atoms with Crippen LogP contribution in [0, 0.1) is 0 Å². The van der Waals surface area contributed by atoms with E-state index in [0.717, 1.165) is 12.0 Å². The number of aromatic carboxylic acids is 1. The summed E-state index contributed by atoms with van der Waals surface area (Å²) < 4.78 is 6.23. The Labute approximate surface area is 188 Å². The van der Waals surface area contributed by atoms with E-state index in [1.165, 1.54) is 22.5 Å². The number of H-pyrrole nitrogens is 1. The van der Waals surface area contributed by atoms with Crippen molar-refractivity contribution in [1.29, 1.82) is 0 Å². The highest BCUT2D eigenvalue weighted by Gasteiger charge is 2.27. The van der Waals surface area contributed by atoms with Crippen molar-refractivity contribution in [2.75, 3.05) is 0 Å². The fourth-order valence-electron chi connectivity index (χ4n) is 4.27. The largest absolute Gasteiger partial charge is 0.477 e. The molecule has 2 N–H and O–H groups in total. The number of fused-ring (bicyclic) bond motifs is 1. The fourth-order valence-corrected chi connectivity index (χ4v) is 4.27. The minimum Gasteiger partial charge on any atom is -0.477 e. The molecule has 0 radical (unpaired) electrons. The predicted octanol–water partition coefficient (Wildman–Crippen LogP) is 6.14. The normalized spacial score (nSPS) is 14.2. The molecule has 0 saturated carbocycles. The van der Waals surface area contributed by atoms with Crippen molar-refractivity contribution in [3.63, 3.8) is 0 Å². The van der Waals surface area contributed by atoms with Crippen molar-refractivity contribution in [2.45, 2.75) is 44.8 Å². The Hall–Kier alpha value is -3.44. The molecule has 32 heavy (non-hydrogen) atoms. The van der Waals surface area contributed by atoms with Crippen molar-refractivity contribution in [3.05, 3.63) is 102 Å². The molecule has 4 aromatic rings. The maximum absolute atomic E-state index is 11.4. The summed E-state index contributed by atoms with van der Waals surface area (Å²) in [6.45, 7) is 4.74. The van der Waals surface area contributed by atoms with E-state index in [2.05, 4.69) is 59.4 Å². The molecule has 0 fully saturated rings. The van der Waals surface area contributed by atoms with Crippen molar-refractivity contribution in [3.8, 4) is 0 Å². The summed E-state index contributed by atoms with van der Waals surface area (Å²) in [6.07, 6.45) is 2.01. The van der Waals surface area contributed by atoms with Crippen LogP contribution in [0.3, 0.4) is 0 Å². The Bertz CT molecular complexity index is 1180. The van der Waals surface area contributed by atoms with Gasteiger partial charge in [-0.1, -0.05) is 79.7 Å². The molecule has 0 bridgehead atoms. The summed E-state index contributed by atoms with van der Waals surface area (Å²) in [5.41, 5.74) is 2.47. The molecule has 1 unspecified atom stereocenters. The topological polar surface area (TPSA) is 75.2 Å². The standard InChI is InChI=1S/C27H28N2O3/c1-18(22-14-8-12-21-11-6-7-13-23(21)22)15-24(26-28-16-25(29-26)27(30)31)19(2)32-17-20-9-4-3-5-10-20/h3-14,16,18-19,24H,15,17H2,1-2H3,(H,28,29)(H,30,31)/t18?,19-,24-/m0/s1. The minimum atomic E-state index is -1.01. The predicted molar refractivity (Wildman–Crippen MR) is 126 cm³/mol. The molecule has 0 amide bonds. The van der Waals surface area contributed by atoms with Crippen LogP contribution in [0.25, 0.3) is 10.8 Å². The zero-order valence-corrected chi connectivity index (χ0v) is 18.4. The highest BCUT2D eigenvalue weighted by atomic mass is 16.5. The highest BCUT2D eigenvalue weighted by molar-refractivity contribution is 5.86. The number of nitrogens with one attached hydrogen (secondary N) is 1. The maximum atomic E-state index is 11.4. The molecule has 1 aromatic heterocycles. The first kappa shape index (κ1) is 21.8. The SMILES string of the molecule is CC(C[C@H](c1ncc(C(=O)O)[nH]1)[C@H](C)OCc1ccccc1)c1cccc2ccccc12. The lowest BCUT2D eigenvalue weighted by Crippen LogP contribution is -2.22. The molecule has 0 aliphatic heterocycles. The smallest absolute Gasteiger partial charge is 0.353 e. The lowest BCUT2D eigenvalue weighted by atomic mass is 9.85. The Morgan fingerprint density at radius 1 is 1.00 bits per heavy atom. The number of hydrogen-bond donors (Lipinski definition) is 2. The van der Waals surface area contributed by atoms with Crippen molar-refractivity contribution < 1.29 is 14.6 Å². The number of aromatic nitrogens is 2. The third-order valence-electron chi connectivity index (χ3n) is 6.06. The summed E-state index contributed by atoms with van der Waals surface area (Å²) >= 11 is 0. The van der Waals surface area contributed by atoms with E-state index in [1.54, 1.807) is 0 Å². The highest BCUT2D eigenvalue weighted by Crippen LogP contribution is 2.35. The second kappa shape index (κ2) is 9.79. The number of hydrogen-bond acceptors (Lipinski definition) is 3. The van der Waals surface area contributed by atoms with Crippen LogP contribution in [0.5, 0.6) is 0 Å². The molecule has 0 spiro atoms. The molecular weight excluding hydrogens is 400 g/mol. The Morgan fingerprint density at radius 3 is 2.47 bits per heavy atom. The van der Waals surface area contributed by atoms with E-state index < -0.39 is 5.97 Å². The molecule has 3 aromatic carbocycles. The van der Waals surface area contributed by atoms with E-state index in [1.807, 2.05) is 37.3 Å². The fraction of sp³-hybridized carbons (Fsp3) is 0.259. The van der Waals surface area contributed by atoms with Gasteiger partial charge >= 0.3 is 5.97 Å². The number of ether oxygens (including phenoxy) is 1.